The minimum atomic E-state index is -3.02. The first-order chi connectivity index (χ1) is 6.75. The third-order valence-corrected chi connectivity index (χ3v) is 6.23. The Kier molecular flexibility index (Phi) is 5.81. The van der Waals surface area contributed by atoms with Crippen LogP contribution in [0.3, 0.4) is 0 Å². The number of rotatable bonds is 6. The summed E-state index contributed by atoms with van der Waals surface area (Å²) in [4.78, 5) is 0. The third-order valence-electron chi connectivity index (χ3n) is 3.21. The maximum atomic E-state index is 12.1. The van der Waals surface area contributed by atoms with Crippen LogP contribution in [0.2, 0.25) is 0 Å². The number of sulfone groups is 1. The Labute approximate surface area is 94.6 Å². The van der Waals surface area contributed by atoms with Crippen LogP contribution in [0.1, 0.15) is 41.5 Å². The van der Waals surface area contributed by atoms with Gasteiger partial charge in [0.15, 0.2) is 9.84 Å². The average Bonchev–Trinajstić information content (AvgIpc) is 2.15. The second kappa shape index (κ2) is 5.85. The molecular formula is C11H25NO2S. The molecule has 0 amide bonds. The summed E-state index contributed by atoms with van der Waals surface area (Å²) in [5.41, 5.74) is 0. The fraction of sp³-hybridized carbons (Fsp3) is 1.00. The molecule has 4 heteroatoms. The van der Waals surface area contributed by atoms with Gasteiger partial charge in [-0.25, -0.2) is 8.42 Å². The molecule has 0 aliphatic heterocycles. The lowest BCUT2D eigenvalue weighted by molar-refractivity contribution is 0.497. The van der Waals surface area contributed by atoms with Crippen LogP contribution >= 0.6 is 0 Å². The van der Waals surface area contributed by atoms with Crippen LogP contribution < -0.4 is 5.32 Å². The molecule has 0 spiro atoms. The average molecular weight is 235 g/mol. The summed E-state index contributed by atoms with van der Waals surface area (Å²) in [6, 6.07) is 0.0150. The highest BCUT2D eigenvalue weighted by Gasteiger charge is 2.32. The van der Waals surface area contributed by atoms with E-state index in [9.17, 15) is 8.42 Å². The van der Waals surface area contributed by atoms with Crippen molar-refractivity contribution in [2.45, 2.75) is 58.1 Å². The van der Waals surface area contributed by atoms with Crippen LogP contribution in [0, 0.1) is 5.92 Å². The van der Waals surface area contributed by atoms with E-state index in [1.807, 2.05) is 27.7 Å². The molecule has 3 nitrogen and oxygen atoms in total. The first-order valence-corrected chi connectivity index (χ1v) is 7.32. The van der Waals surface area contributed by atoms with E-state index in [1.54, 1.807) is 13.8 Å². The summed E-state index contributed by atoms with van der Waals surface area (Å²) >= 11 is 0. The third kappa shape index (κ3) is 3.76. The van der Waals surface area contributed by atoms with Crippen LogP contribution in [0.4, 0.5) is 0 Å². The van der Waals surface area contributed by atoms with Crippen LogP contribution in [0.15, 0.2) is 0 Å². The van der Waals surface area contributed by atoms with Crippen LogP contribution in [0.25, 0.3) is 0 Å². The van der Waals surface area contributed by atoms with Gasteiger partial charge in [0.25, 0.3) is 0 Å². The van der Waals surface area contributed by atoms with Gasteiger partial charge < -0.3 is 5.32 Å². The van der Waals surface area contributed by atoms with E-state index in [4.69, 9.17) is 0 Å². The highest BCUT2D eigenvalue weighted by molar-refractivity contribution is 7.92. The second-order valence-electron chi connectivity index (χ2n) is 4.59. The minimum absolute atomic E-state index is 0.0150. The molecule has 92 valence electrons. The van der Waals surface area contributed by atoms with Crippen molar-refractivity contribution in [2.24, 2.45) is 5.92 Å². The Hall–Kier alpha value is -0.0900. The highest BCUT2D eigenvalue weighted by atomic mass is 32.2. The van der Waals surface area contributed by atoms with E-state index in [-0.39, 0.29) is 22.5 Å². The molecule has 0 radical (unpaired) electrons. The molecule has 0 aliphatic carbocycles. The largest absolute Gasteiger partial charge is 0.313 e. The fourth-order valence-electron chi connectivity index (χ4n) is 1.49. The maximum absolute atomic E-state index is 12.1. The standard InChI is InChI=1S/C11H25NO2S/c1-7-12-9(4)11(6)15(13,14)10(5)8(2)3/h8-12H,7H2,1-6H3. The summed E-state index contributed by atoms with van der Waals surface area (Å²) in [5.74, 6) is 0.172. The molecule has 0 aromatic rings. The SMILES string of the molecule is CCNC(C)C(C)S(=O)(=O)C(C)C(C)C. The second-order valence-corrected chi connectivity index (χ2v) is 7.25. The topological polar surface area (TPSA) is 46.2 Å². The van der Waals surface area contributed by atoms with Gasteiger partial charge in [-0.05, 0) is 33.2 Å². The van der Waals surface area contributed by atoms with Gasteiger partial charge in [0.2, 0.25) is 0 Å². The molecule has 0 aromatic heterocycles. The van der Waals surface area contributed by atoms with E-state index in [1.165, 1.54) is 0 Å². The Bertz CT molecular complexity index is 272. The zero-order valence-corrected chi connectivity index (χ0v) is 11.6. The lowest BCUT2D eigenvalue weighted by Gasteiger charge is -2.26. The van der Waals surface area contributed by atoms with E-state index in [2.05, 4.69) is 5.32 Å². The van der Waals surface area contributed by atoms with E-state index in [0.717, 1.165) is 6.54 Å². The van der Waals surface area contributed by atoms with E-state index < -0.39 is 9.84 Å². The predicted molar refractivity (Wildman–Crippen MR) is 65.8 cm³/mol. The molecule has 0 bridgehead atoms. The molecular weight excluding hydrogens is 210 g/mol. The van der Waals surface area contributed by atoms with Gasteiger partial charge in [0, 0.05) is 6.04 Å². The first-order valence-electron chi connectivity index (χ1n) is 5.71. The summed E-state index contributed by atoms with van der Waals surface area (Å²) in [6.45, 7) is 12.2. The maximum Gasteiger partial charge on any atom is 0.157 e. The first kappa shape index (κ1) is 14.9. The number of hydrogen-bond acceptors (Lipinski definition) is 3. The van der Waals surface area contributed by atoms with Crippen molar-refractivity contribution < 1.29 is 8.42 Å². The van der Waals surface area contributed by atoms with Crippen molar-refractivity contribution in [3.05, 3.63) is 0 Å². The lowest BCUT2D eigenvalue weighted by Crippen LogP contribution is -2.44. The van der Waals surface area contributed by atoms with E-state index in [0.29, 0.717) is 0 Å². The fourth-order valence-corrected chi connectivity index (χ4v) is 3.59. The lowest BCUT2D eigenvalue weighted by atomic mass is 10.2. The van der Waals surface area contributed by atoms with Crippen molar-refractivity contribution in [2.75, 3.05) is 6.54 Å². The Morgan fingerprint density at radius 1 is 1.00 bits per heavy atom. The van der Waals surface area contributed by atoms with Crippen molar-refractivity contribution in [1.82, 2.24) is 5.32 Å². The minimum Gasteiger partial charge on any atom is -0.313 e. The molecule has 1 N–H and O–H groups in total. The molecule has 0 saturated carbocycles. The summed E-state index contributed by atoms with van der Waals surface area (Å²) in [7, 11) is -3.02. The molecule has 0 rings (SSSR count). The van der Waals surface area contributed by atoms with Gasteiger partial charge in [0.1, 0.15) is 0 Å². The van der Waals surface area contributed by atoms with Gasteiger partial charge in [0.05, 0.1) is 10.5 Å². The van der Waals surface area contributed by atoms with Gasteiger partial charge in [-0.3, -0.25) is 0 Å². The van der Waals surface area contributed by atoms with E-state index >= 15 is 0 Å². The molecule has 3 unspecified atom stereocenters. The van der Waals surface area contributed by atoms with Gasteiger partial charge in [-0.15, -0.1) is 0 Å². The van der Waals surface area contributed by atoms with Crippen LogP contribution in [-0.2, 0) is 9.84 Å². The van der Waals surface area contributed by atoms with Crippen molar-refractivity contribution in [3.8, 4) is 0 Å². The summed E-state index contributed by atoms with van der Waals surface area (Å²) < 4.78 is 24.3. The zero-order chi connectivity index (χ0) is 12.2. The summed E-state index contributed by atoms with van der Waals surface area (Å²) in [5, 5.41) is 2.57. The highest BCUT2D eigenvalue weighted by Crippen LogP contribution is 2.18. The molecule has 0 aliphatic rings. The normalized spacial score (nSPS) is 18.9. The van der Waals surface area contributed by atoms with Gasteiger partial charge in [-0.1, -0.05) is 20.8 Å². The molecule has 0 aromatic carbocycles. The summed E-state index contributed by atoms with van der Waals surface area (Å²) in [6.07, 6.45) is 0. The quantitative estimate of drug-likeness (QED) is 0.764. The molecule has 3 atom stereocenters. The Morgan fingerprint density at radius 3 is 1.80 bits per heavy atom. The molecule has 0 fully saturated rings. The molecule has 0 heterocycles. The Balaban J connectivity index is 4.73. The molecule has 0 saturated heterocycles. The molecule has 15 heavy (non-hydrogen) atoms. The monoisotopic (exact) mass is 235 g/mol. The predicted octanol–water partition coefficient (Wildman–Crippen LogP) is 1.83. The zero-order valence-electron chi connectivity index (χ0n) is 10.7. The van der Waals surface area contributed by atoms with Gasteiger partial charge in [-0.2, -0.15) is 0 Å². The van der Waals surface area contributed by atoms with Gasteiger partial charge >= 0.3 is 0 Å². The number of nitrogens with one attached hydrogen (secondary N) is 1. The van der Waals surface area contributed by atoms with Crippen molar-refractivity contribution in [1.29, 1.82) is 0 Å². The number of hydrogen-bond donors (Lipinski definition) is 1. The van der Waals surface area contributed by atoms with Crippen molar-refractivity contribution >= 4 is 9.84 Å². The van der Waals surface area contributed by atoms with Crippen LogP contribution in [0.5, 0.6) is 0 Å². The smallest absolute Gasteiger partial charge is 0.157 e. The van der Waals surface area contributed by atoms with Crippen molar-refractivity contribution in [3.63, 3.8) is 0 Å². The Morgan fingerprint density at radius 2 is 1.47 bits per heavy atom. The van der Waals surface area contributed by atoms with Crippen LogP contribution in [-0.4, -0.2) is 31.5 Å².